The van der Waals surface area contributed by atoms with E-state index in [0.29, 0.717) is 28.2 Å². The highest BCUT2D eigenvalue weighted by Crippen LogP contribution is 2.36. The second-order valence-corrected chi connectivity index (χ2v) is 7.15. The highest BCUT2D eigenvalue weighted by molar-refractivity contribution is 6.03. The SMILES string of the molecule is Cc1cccc(Oc2cccc3c(-c4cc5nccc(C(=O)O)c5[nH]4)nn(C)c23)c1. The zero-order valence-corrected chi connectivity index (χ0v) is 16.4. The van der Waals surface area contributed by atoms with Gasteiger partial charge in [0, 0.05) is 18.6 Å². The summed E-state index contributed by atoms with van der Waals surface area (Å²) in [7, 11) is 1.86. The van der Waals surface area contributed by atoms with Crippen molar-refractivity contribution in [3.8, 4) is 22.9 Å². The van der Waals surface area contributed by atoms with Gasteiger partial charge in [0.1, 0.15) is 17.0 Å². The molecule has 7 heteroatoms. The maximum absolute atomic E-state index is 11.5. The molecule has 0 atom stereocenters. The summed E-state index contributed by atoms with van der Waals surface area (Å²) in [5.41, 5.74) is 4.60. The lowest BCUT2D eigenvalue weighted by molar-refractivity contribution is 0.0698. The van der Waals surface area contributed by atoms with E-state index in [1.54, 1.807) is 4.68 Å². The fourth-order valence-electron chi connectivity index (χ4n) is 3.72. The van der Waals surface area contributed by atoms with Crippen LogP contribution in [0.3, 0.4) is 0 Å². The number of aryl methyl sites for hydroxylation is 2. The summed E-state index contributed by atoms with van der Waals surface area (Å²) in [6, 6.07) is 17.0. The van der Waals surface area contributed by atoms with Crippen molar-refractivity contribution in [1.82, 2.24) is 19.7 Å². The number of aromatic nitrogens is 4. The van der Waals surface area contributed by atoms with Gasteiger partial charge in [-0.15, -0.1) is 0 Å². The lowest BCUT2D eigenvalue weighted by atomic mass is 10.1. The number of H-pyrrole nitrogens is 1. The first kappa shape index (κ1) is 17.9. The van der Waals surface area contributed by atoms with E-state index in [2.05, 4.69) is 15.1 Å². The number of carbonyl (C=O) groups is 1. The number of carboxylic acids is 1. The Morgan fingerprint density at radius 3 is 2.77 bits per heavy atom. The summed E-state index contributed by atoms with van der Waals surface area (Å²) >= 11 is 0. The quantitative estimate of drug-likeness (QED) is 0.448. The average Bonchev–Trinajstić information content (AvgIpc) is 3.29. The maximum atomic E-state index is 11.5. The molecule has 7 nitrogen and oxygen atoms in total. The number of nitrogens with zero attached hydrogens (tertiary/aromatic N) is 3. The first-order valence-electron chi connectivity index (χ1n) is 9.43. The van der Waals surface area contributed by atoms with Crippen molar-refractivity contribution in [3.63, 3.8) is 0 Å². The number of aromatic carboxylic acids is 1. The van der Waals surface area contributed by atoms with Crippen LogP contribution in [0, 0.1) is 6.92 Å². The average molecular weight is 398 g/mol. The first-order chi connectivity index (χ1) is 14.5. The predicted octanol–water partition coefficient (Wildman–Crippen LogP) is 4.92. The lowest BCUT2D eigenvalue weighted by Gasteiger charge is -2.08. The number of benzene rings is 2. The van der Waals surface area contributed by atoms with Crippen molar-refractivity contribution in [2.75, 3.05) is 0 Å². The molecule has 3 aromatic heterocycles. The molecule has 0 aliphatic rings. The fourth-order valence-corrected chi connectivity index (χ4v) is 3.72. The molecule has 0 fully saturated rings. The van der Waals surface area contributed by atoms with Crippen LogP contribution >= 0.6 is 0 Å². The Morgan fingerprint density at radius 2 is 1.97 bits per heavy atom. The Kier molecular flexibility index (Phi) is 4.03. The summed E-state index contributed by atoms with van der Waals surface area (Å²) in [5.74, 6) is 0.446. The van der Waals surface area contributed by atoms with Gasteiger partial charge in [-0.25, -0.2) is 4.79 Å². The third-order valence-electron chi connectivity index (χ3n) is 5.05. The fraction of sp³-hybridized carbons (Fsp3) is 0.0870. The molecule has 148 valence electrons. The van der Waals surface area contributed by atoms with Crippen molar-refractivity contribution in [3.05, 3.63) is 71.9 Å². The van der Waals surface area contributed by atoms with Crippen LogP contribution in [0.2, 0.25) is 0 Å². The minimum Gasteiger partial charge on any atom is -0.478 e. The van der Waals surface area contributed by atoms with E-state index in [0.717, 1.165) is 22.2 Å². The van der Waals surface area contributed by atoms with Crippen molar-refractivity contribution in [2.24, 2.45) is 7.05 Å². The summed E-state index contributed by atoms with van der Waals surface area (Å²) in [6.07, 6.45) is 1.49. The van der Waals surface area contributed by atoms with Gasteiger partial charge in [-0.05, 0) is 42.8 Å². The molecule has 0 radical (unpaired) electrons. The van der Waals surface area contributed by atoms with E-state index in [9.17, 15) is 9.90 Å². The van der Waals surface area contributed by atoms with Crippen LogP contribution in [-0.4, -0.2) is 30.8 Å². The summed E-state index contributed by atoms with van der Waals surface area (Å²) in [6.45, 7) is 2.02. The van der Waals surface area contributed by atoms with Crippen LogP contribution in [-0.2, 0) is 7.05 Å². The van der Waals surface area contributed by atoms with Crippen LogP contribution < -0.4 is 4.74 Å². The van der Waals surface area contributed by atoms with E-state index in [1.165, 1.54) is 12.3 Å². The van der Waals surface area contributed by atoms with Crippen molar-refractivity contribution in [1.29, 1.82) is 0 Å². The van der Waals surface area contributed by atoms with Gasteiger partial charge < -0.3 is 14.8 Å². The van der Waals surface area contributed by atoms with Crippen LogP contribution in [0.1, 0.15) is 15.9 Å². The molecule has 2 N–H and O–H groups in total. The number of rotatable bonds is 4. The van der Waals surface area contributed by atoms with E-state index < -0.39 is 5.97 Å². The Bertz CT molecular complexity index is 1430. The second-order valence-electron chi connectivity index (χ2n) is 7.15. The molecule has 0 spiro atoms. The third-order valence-corrected chi connectivity index (χ3v) is 5.05. The van der Waals surface area contributed by atoms with Crippen LogP contribution in [0.25, 0.3) is 33.3 Å². The maximum Gasteiger partial charge on any atom is 0.337 e. The molecular formula is C23H18N4O3. The number of hydrogen-bond acceptors (Lipinski definition) is 4. The molecule has 0 bridgehead atoms. The molecule has 0 amide bonds. The summed E-state index contributed by atoms with van der Waals surface area (Å²) in [4.78, 5) is 19.0. The number of pyridine rings is 1. The molecule has 0 unspecified atom stereocenters. The number of carboxylic acid groups (broad SMARTS) is 1. The molecule has 3 heterocycles. The van der Waals surface area contributed by atoms with E-state index in [4.69, 9.17) is 4.74 Å². The predicted molar refractivity (Wildman–Crippen MR) is 114 cm³/mol. The molecule has 0 saturated heterocycles. The number of fused-ring (bicyclic) bond motifs is 2. The van der Waals surface area contributed by atoms with Gasteiger partial charge in [0.2, 0.25) is 0 Å². The zero-order chi connectivity index (χ0) is 20.8. The minimum absolute atomic E-state index is 0.176. The van der Waals surface area contributed by atoms with Crippen molar-refractivity contribution in [2.45, 2.75) is 6.92 Å². The zero-order valence-electron chi connectivity index (χ0n) is 16.4. The smallest absolute Gasteiger partial charge is 0.337 e. The van der Waals surface area contributed by atoms with Gasteiger partial charge in [-0.1, -0.05) is 24.3 Å². The van der Waals surface area contributed by atoms with E-state index in [-0.39, 0.29) is 5.56 Å². The normalized spacial score (nSPS) is 11.3. The lowest BCUT2D eigenvalue weighted by Crippen LogP contribution is -1.97. The minimum atomic E-state index is -1.00. The molecule has 0 saturated carbocycles. The van der Waals surface area contributed by atoms with Gasteiger partial charge >= 0.3 is 5.97 Å². The number of aromatic amines is 1. The molecular weight excluding hydrogens is 380 g/mol. The molecule has 0 aliphatic carbocycles. The highest BCUT2D eigenvalue weighted by Gasteiger charge is 2.19. The van der Waals surface area contributed by atoms with Gasteiger partial charge in [0.05, 0.1) is 22.3 Å². The largest absolute Gasteiger partial charge is 0.478 e. The van der Waals surface area contributed by atoms with Crippen molar-refractivity contribution >= 4 is 27.9 Å². The van der Waals surface area contributed by atoms with Crippen LogP contribution in [0.15, 0.2) is 60.8 Å². The Morgan fingerprint density at radius 1 is 1.13 bits per heavy atom. The Labute approximate surface area is 171 Å². The third kappa shape index (κ3) is 2.88. The summed E-state index contributed by atoms with van der Waals surface area (Å²) in [5, 5.41) is 15.0. The molecule has 5 aromatic rings. The number of hydrogen-bond donors (Lipinski definition) is 2. The van der Waals surface area contributed by atoms with Gasteiger partial charge in [0.15, 0.2) is 5.75 Å². The Hall–Kier alpha value is -4.13. The van der Waals surface area contributed by atoms with Gasteiger partial charge in [-0.3, -0.25) is 9.67 Å². The van der Waals surface area contributed by atoms with E-state index in [1.807, 2.05) is 62.5 Å². The number of nitrogens with one attached hydrogen (secondary N) is 1. The topological polar surface area (TPSA) is 93.0 Å². The number of para-hydroxylation sites is 1. The van der Waals surface area contributed by atoms with Crippen LogP contribution in [0.4, 0.5) is 0 Å². The Balaban J connectivity index is 1.66. The molecule has 30 heavy (non-hydrogen) atoms. The molecule has 0 aliphatic heterocycles. The first-order valence-corrected chi connectivity index (χ1v) is 9.43. The van der Waals surface area contributed by atoms with Crippen molar-refractivity contribution < 1.29 is 14.6 Å². The molecule has 2 aromatic carbocycles. The second kappa shape index (κ2) is 6.73. The van der Waals surface area contributed by atoms with Gasteiger partial charge in [0.25, 0.3) is 0 Å². The standard InChI is InChI=1S/C23H18N4O3/c1-13-5-3-6-14(11-13)30-19-8-4-7-15-21(26-27(2)22(15)19)18-12-17-20(25-18)16(23(28)29)9-10-24-17/h3-12,25H,1-2H3,(H,28,29). The van der Waals surface area contributed by atoms with Crippen LogP contribution in [0.5, 0.6) is 11.5 Å². The molecule has 5 rings (SSSR count). The van der Waals surface area contributed by atoms with E-state index >= 15 is 0 Å². The summed E-state index contributed by atoms with van der Waals surface area (Å²) < 4.78 is 7.92. The monoisotopic (exact) mass is 398 g/mol. The van der Waals surface area contributed by atoms with Gasteiger partial charge in [-0.2, -0.15) is 5.10 Å². The number of ether oxygens (including phenoxy) is 1. The highest BCUT2D eigenvalue weighted by atomic mass is 16.5.